The van der Waals surface area contributed by atoms with Gasteiger partial charge in [0.2, 0.25) is 5.91 Å². The molecule has 2 aromatic rings. The molecule has 5 nitrogen and oxygen atoms in total. The predicted molar refractivity (Wildman–Crippen MR) is 104 cm³/mol. The van der Waals surface area contributed by atoms with E-state index in [-0.39, 0.29) is 11.3 Å². The Hall–Kier alpha value is -2.14. The van der Waals surface area contributed by atoms with Crippen molar-refractivity contribution in [3.63, 3.8) is 0 Å². The standard InChI is InChI=1S/C22H29N3O2/c1-3-25-16-22(13-20(21(25)26)18-7-5-4-6-8-18)9-11-24(12-10-22)14-19-15-27-17(2)23-19/h4-8,15,20H,3,9-14,16H2,1-2H3. The maximum absolute atomic E-state index is 13.0. The van der Waals surface area contributed by atoms with Gasteiger partial charge in [0.25, 0.3) is 0 Å². The number of rotatable bonds is 4. The number of likely N-dealkylation sites (N-methyl/N-ethyl adjacent to an activating group) is 1. The van der Waals surface area contributed by atoms with Crippen LogP contribution in [-0.4, -0.2) is 46.9 Å². The highest BCUT2D eigenvalue weighted by Gasteiger charge is 2.45. The van der Waals surface area contributed by atoms with Gasteiger partial charge in [0.05, 0.1) is 11.6 Å². The number of aryl methyl sites for hydroxylation is 1. The maximum atomic E-state index is 13.0. The summed E-state index contributed by atoms with van der Waals surface area (Å²) in [7, 11) is 0. The van der Waals surface area contributed by atoms with Crippen LogP contribution < -0.4 is 0 Å². The van der Waals surface area contributed by atoms with Gasteiger partial charge in [0, 0.05) is 26.6 Å². The van der Waals surface area contributed by atoms with Crippen LogP contribution in [0.3, 0.4) is 0 Å². The van der Waals surface area contributed by atoms with Crippen molar-refractivity contribution in [3.8, 4) is 0 Å². The zero-order valence-corrected chi connectivity index (χ0v) is 16.4. The number of benzene rings is 1. The largest absolute Gasteiger partial charge is 0.449 e. The Morgan fingerprint density at radius 1 is 1.22 bits per heavy atom. The third kappa shape index (κ3) is 3.79. The van der Waals surface area contributed by atoms with Gasteiger partial charge in [-0.1, -0.05) is 30.3 Å². The second-order valence-corrected chi connectivity index (χ2v) is 8.15. The van der Waals surface area contributed by atoms with E-state index in [1.807, 2.05) is 25.1 Å². The molecule has 4 rings (SSSR count). The van der Waals surface area contributed by atoms with E-state index in [9.17, 15) is 4.79 Å². The van der Waals surface area contributed by atoms with E-state index in [0.29, 0.717) is 5.91 Å². The summed E-state index contributed by atoms with van der Waals surface area (Å²) in [5.41, 5.74) is 2.42. The van der Waals surface area contributed by atoms with E-state index in [0.717, 1.165) is 63.6 Å². The van der Waals surface area contributed by atoms with Gasteiger partial charge < -0.3 is 9.32 Å². The monoisotopic (exact) mass is 367 g/mol. The Balaban J connectivity index is 1.47. The first-order valence-corrected chi connectivity index (χ1v) is 10.1. The fourth-order valence-electron chi connectivity index (χ4n) is 4.76. The summed E-state index contributed by atoms with van der Waals surface area (Å²) in [6.45, 7) is 8.65. The molecule has 2 aliphatic heterocycles. The highest BCUT2D eigenvalue weighted by Crippen LogP contribution is 2.45. The summed E-state index contributed by atoms with van der Waals surface area (Å²) < 4.78 is 5.34. The number of carbonyl (C=O) groups excluding carboxylic acids is 1. The molecule has 0 bridgehead atoms. The summed E-state index contributed by atoms with van der Waals surface area (Å²) in [4.78, 5) is 22.0. The first kappa shape index (κ1) is 18.2. The molecule has 2 saturated heterocycles. The van der Waals surface area contributed by atoms with Crippen molar-refractivity contribution < 1.29 is 9.21 Å². The van der Waals surface area contributed by atoms with Crippen LogP contribution in [0.4, 0.5) is 0 Å². The summed E-state index contributed by atoms with van der Waals surface area (Å²) in [6.07, 6.45) is 5.01. The Labute approximate surface area is 161 Å². The van der Waals surface area contributed by atoms with Gasteiger partial charge in [0.1, 0.15) is 6.26 Å². The molecule has 1 spiro atoms. The average molecular weight is 367 g/mol. The fraction of sp³-hybridized carbons (Fsp3) is 0.545. The topological polar surface area (TPSA) is 49.6 Å². The number of hydrogen-bond acceptors (Lipinski definition) is 4. The Morgan fingerprint density at radius 2 is 1.96 bits per heavy atom. The Kier molecular flexibility index (Phi) is 5.04. The minimum Gasteiger partial charge on any atom is -0.449 e. The normalized spacial score (nSPS) is 23.1. The molecule has 0 aliphatic carbocycles. The Morgan fingerprint density at radius 3 is 2.59 bits per heavy atom. The highest BCUT2D eigenvalue weighted by molar-refractivity contribution is 5.84. The van der Waals surface area contributed by atoms with Crippen molar-refractivity contribution in [3.05, 3.63) is 53.7 Å². The lowest BCUT2D eigenvalue weighted by atomic mass is 9.67. The van der Waals surface area contributed by atoms with Crippen LogP contribution in [0.1, 0.15) is 49.3 Å². The van der Waals surface area contributed by atoms with Gasteiger partial charge in [-0.3, -0.25) is 9.69 Å². The van der Waals surface area contributed by atoms with E-state index in [1.165, 1.54) is 5.56 Å². The maximum Gasteiger partial charge on any atom is 0.230 e. The molecule has 1 atom stereocenters. The summed E-state index contributed by atoms with van der Waals surface area (Å²) >= 11 is 0. The number of hydrogen-bond donors (Lipinski definition) is 0. The molecule has 0 N–H and O–H groups in total. The second-order valence-electron chi connectivity index (χ2n) is 8.15. The van der Waals surface area contributed by atoms with Crippen LogP contribution >= 0.6 is 0 Å². The molecule has 5 heteroatoms. The number of amides is 1. The summed E-state index contributed by atoms with van der Waals surface area (Å²) in [5, 5.41) is 0. The number of oxazole rings is 1. The molecule has 144 valence electrons. The number of likely N-dealkylation sites (tertiary alicyclic amines) is 2. The van der Waals surface area contributed by atoms with Gasteiger partial charge in [-0.05, 0) is 50.3 Å². The minimum absolute atomic E-state index is 0.00430. The van der Waals surface area contributed by atoms with E-state index < -0.39 is 0 Å². The SMILES string of the molecule is CCN1CC2(CCN(Cc3coc(C)n3)CC2)CC(c2ccccc2)C1=O. The quantitative estimate of drug-likeness (QED) is 0.828. The van der Waals surface area contributed by atoms with Gasteiger partial charge in [0.15, 0.2) is 5.89 Å². The average Bonchev–Trinajstić information content (AvgIpc) is 3.11. The molecule has 3 heterocycles. The molecule has 1 aromatic carbocycles. The molecular formula is C22H29N3O2. The molecule has 0 radical (unpaired) electrons. The van der Waals surface area contributed by atoms with Crippen molar-refractivity contribution in [1.82, 2.24) is 14.8 Å². The van der Waals surface area contributed by atoms with Crippen LogP contribution in [0.5, 0.6) is 0 Å². The van der Waals surface area contributed by atoms with Gasteiger partial charge in [-0.25, -0.2) is 4.98 Å². The third-order valence-corrected chi connectivity index (χ3v) is 6.33. The zero-order chi connectivity index (χ0) is 18.9. The Bertz CT molecular complexity index is 778. The molecule has 1 amide bonds. The van der Waals surface area contributed by atoms with Crippen molar-refractivity contribution in [1.29, 1.82) is 0 Å². The smallest absolute Gasteiger partial charge is 0.230 e. The summed E-state index contributed by atoms with van der Waals surface area (Å²) in [6, 6.07) is 10.3. The zero-order valence-electron chi connectivity index (χ0n) is 16.4. The number of carbonyl (C=O) groups is 1. The van der Waals surface area contributed by atoms with Gasteiger partial charge in [-0.15, -0.1) is 0 Å². The predicted octanol–water partition coefficient (Wildman–Crippen LogP) is 3.60. The lowest BCUT2D eigenvalue weighted by molar-refractivity contribution is -0.141. The van der Waals surface area contributed by atoms with E-state index in [4.69, 9.17) is 4.42 Å². The molecule has 2 fully saturated rings. The van der Waals surface area contributed by atoms with E-state index >= 15 is 0 Å². The highest BCUT2D eigenvalue weighted by atomic mass is 16.3. The van der Waals surface area contributed by atoms with E-state index in [1.54, 1.807) is 6.26 Å². The van der Waals surface area contributed by atoms with Crippen LogP contribution in [0.2, 0.25) is 0 Å². The third-order valence-electron chi connectivity index (χ3n) is 6.33. The van der Waals surface area contributed by atoms with Gasteiger partial charge >= 0.3 is 0 Å². The number of piperidine rings is 2. The van der Waals surface area contributed by atoms with Crippen LogP contribution in [0, 0.1) is 12.3 Å². The van der Waals surface area contributed by atoms with Crippen LogP contribution in [-0.2, 0) is 11.3 Å². The molecule has 1 aromatic heterocycles. The van der Waals surface area contributed by atoms with E-state index in [2.05, 4.69) is 33.8 Å². The second kappa shape index (κ2) is 7.47. The number of aromatic nitrogens is 1. The van der Waals surface area contributed by atoms with Crippen LogP contribution in [0.15, 0.2) is 41.0 Å². The van der Waals surface area contributed by atoms with Crippen molar-refractivity contribution in [2.24, 2.45) is 5.41 Å². The van der Waals surface area contributed by atoms with Gasteiger partial charge in [-0.2, -0.15) is 0 Å². The molecule has 1 unspecified atom stereocenters. The van der Waals surface area contributed by atoms with Crippen molar-refractivity contribution in [2.45, 2.75) is 45.6 Å². The minimum atomic E-state index is 0.00430. The van der Waals surface area contributed by atoms with Crippen molar-refractivity contribution in [2.75, 3.05) is 26.2 Å². The molecule has 2 aliphatic rings. The lowest BCUT2D eigenvalue weighted by Crippen LogP contribution is -2.53. The molecule has 0 saturated carbocycles. The first-order valence-electron chi connectivity index (χ1n) is 10.1. The fourth-order valence-corrected chi connectivity index (χ4v) is 4.76. The van der Waals surface area contributed by atoms with Crippen LogP contribution in [0.25, 0.3) is 0 Å². The van der Waals surface area contributed by atoms with Crippen molar-refractivity contribution >= 4 is 5.91 Å². The lowest BCUT2D eigenvalue weighted by Gasteiger charge is -2.49. The number of nitrogens with zero attached hydrogens (tertiary/aromatic N) is 3. The molecular weight excluding hydrogens is 338 g/mol. The first-order chi connectivity index (χ1) is 13.1. The molecule has 27 heavy (non-hydrogen) atoms. The summed E-state index contributed by atoms with van der Waals surface area (Å²) in [5.74, 6) is 1.04.